The number of halogens is 1. The van der Waals surface area contributed by atoms with Crippen LogP contribution in [0.2, 0.25) is 5.02 Å². The molecular weight excluding hydrogens is 446 g/mol. The quantitative estimate of drug-likeness (QED) is 0.395. The summed E-state index contributed by atoms with van der Waals surface area (Å²) in [4.78, 5) is 13.5. The summed E-state index contributed by atoms with van der Waals surface area (Å²) in [5.41, 5.74) is 0.969. The topological polar surface area (TPSA) is 81.4 Å². The molecule has 4 aromatic rings. The maximum atomic E-state index is 12.7. The minimum atomic E-state index is -1.02. The molecule has 1 amide bonds. The molecule has 0 radical (unpaired) electrons. The van der Waals surface area contributed by atoms with E-state index in [0.29, 0.717) is 17.3 Å². The van der Waals surface area contributed by atoms with Gasteiger partial charge in [0.15, 0.2) is 11.4 Å². The smallest absolute Gasteiger partial charge is 0.263 e. The maximum Gasteiger partial charge on any atom is 0.263 e. The molecule has 9 heteroatoms. The van der Waals surface area contributed by atoms with Gasteiger partial charge < -0.3 is 10.1 Å². The Labute approximate surface area is 195 Å². The van der Waals surface area contributed by atoms with Crippen molar-refractivity contribution in [2.24, 2.45) is 0 Å². The van der Waals surface area contributed by atoms with E-state index in [9.17, 15) is 4.79 Å². The van der Waals surface area contributed by atoms with Crippen molar-refractivity contribution < 1.29 is 9.53 Å². The van der Waals surface area contributed by atoms with E-state index >= 15 is 0 Å². The predicted octanol–water partition coefficient (Wildman–Crippen LogP) is 4.93. The molecule has 0 aliphatic carbocycles. The molecule has 0 saturated heterocycles. The van der Waals surface area contributed by atoms with Crippen molar-refractivity contribution in [1.29, 1.82) is 0 Å². The third kappa shape index (κ3) is 4.92. The number of hydrogen-bond donors (Lipinski definition) is 1. The summed E-state index contributed by atoms with van der Waals surface area (Å²) in [6.07, 6.45) is 1.84. The van der Waals surface area contributed by atoms with Crippen LogP contribution in [0.5, 0.6) is 5.75 Å². The molecule has 2 heterocycles. The zero-order valence-corrected chi connectivity index (χ0v) is 19.7. The van der Waals surface area contributed by atoms with Crippen LogP contribution in [-0.4, -0.2) is 31.3 Å². The Balaban J connectivity index is 1.38. The van der Waals surface area contributed by atoms with E-state index in [1.165, 1.54) is 11.3 Å². The lowest BCUT2D eigenvalue weighted by Gasteiger charge is -2.25. The minimum absolute atomic E-state index is 0.200. The first-order valence-corrected chi connectivity index (χ1v) is 11.6. The number of hydrogen-bond acceptors (Lipinski definition) is 6. The highest BCUT2D eigenvalue weighted by Gasteiger charge is 2.29. The van der Waals surface area contributed by atoms with Crippen LogP contribution >= 0.6 is 22.9 Å². The van der Waals surface area contributed by atoms with Gasteiger partial charge in [-0.15, -0.1) is 10.2 Å². The molecule has 4 rings (SSSR count). The first-order chi connectivity index (χ1) is 15.4. The van der Waals surface area contributed by atoms with Gasteiger partial charge in [0.2, 0.25) is 4.96 Å². The summed E-state index contributed by atoms with van der Waals surface area (Å²) in [7, 11) is 0. The van der Waals surface area contributed by atoms with Gasteiger partial charge in [-0.2, -0.15) is 9.61 Å². The molecule has 32 heavy (non-hydrogen) atoms. The fraction of sp³-hybridized carbons (Fsp3) is 0.304. The van der Waals surface area contributed by atoms with Gasteiger partial charge in [-0.3, -0.25) is 4.79 Å². The van der Waals surface area contributed by atoms with Gasteiger partial charge in [-0.1, -0.05) is 54.1 Å². The average molecular weight is 470 g/mol. The van der Waals surface area contributed by atoms with Gasteiger partial charge in [0.05, 0.1) is 0 Å². The molecule has 0 bridgehead atoms. The molecule has 166 valence electrons. The number of amides is 1. The second kappa shape index (κ2) is 9.26. The average Bonchev–Trinajstić information content (AvgIpc) is 3.36. The third-order valence-electron chi connectivity index (χ3n) is 4.92. The number of aryl methyl sites for hydroxylation is 1. The van der Waals surface area contributed by atoms with Crippen molar-refractivity contribution in [2.75, 3.05) is 0 Å². The lowest BCUT2D eigenvalue weighted by Crippen LogP contribution is -2.46. The lowest BCUT2D eigenvalue weighted by molar-refractivity contribution is -0.134. The Hall–Kier alpha value is -2.97. The molecule has 0 aliphatic rings. The van der Waals surface area contributed by atoms with Crippen LogP contribution in [0, 0.1) is 0 Å². The summed E-state index contributed by atoms with van der Waals surface area (Å²) in [6.45, 7) is 5.98. The highest BCUT2D eigenvalue weighted by molar-refractivity contribution is 7.19. The minimum Gasteiger partial charge on any atom is -0.478 e. The van der Waals surface area contributed by atoms with Gasteiger partial charge in [0.25, 0.3) is 5.91 Å². The van der Waals surface area contributed by atoms with Crippen LogP contribution in [0.4, 0.5) is 0 Å². The van der Waals surface area contributed by atoms with Crippen LogP contribution in [0.1, 0.15) is 38.6 Å². The van der Waals surface area contributed by atoms with Crippen molar-refractivity contribution in [3.63, 3.8) is 0 Å². The Morgan fingerprint density at radius 3 is 2.53 bits per heavy atom. The summed E-state index contributed by atoms with van der Waals surface area (Å²) >= 11 is 7.41. The van der Waals surface area contributed by atoms with Crippen LogP contribution < -0.4 is 10.1 Å². The molecule has 0 aliphatic heterocycles. The van der Waals surface area contributed by atoms with E-state index < -0.39 is 5.60 Å². The van der Waals surface area contributed by atoms with Crippen LogP contribution in [0.15, 0.2) is 48.5 Å². The summed E-state index contributed by atoms with van der Waals surface area (Å²) in [6, 6.07) is 14.9. The van der Waals surface area contributed by atoms with Crippen LogP contribution in [-0.2, 0) is 17.8 Å². The number of nitrogens with zero attached hydrogens (tertiary/aromatic N) is 4. The van der Waals surface area contributed by atoms with E-state index in [1.807, 2.05) is 28.8 Å². The van der Waals surface area contributed by atoms with Crippen molar-refractivity contribution in [2.45, 2.75) is 45.8 Å². The number of benzene rings is 2. The highest BCUT2D eigenvalue weighted by atomic mass is 35.5. The van der Waals surface area contributed by atoms with Gasteiger partial charge >= 0.3 is 0 Å². The molecule has 0 fully saturated rings. The Morgan fingerprint density at radius 2 is 1.84 bits per heavy atom. The molecule has 0 saturated carbocycles. The first kappa shape index (κ1) is 22.2. The maximum absolute atomic E-state index is 12.7. The standard InChI is InChI=1S/C23H24ClN5O2S/c1-4-5-19-26-27-22-29(19)28-20(32-22)16-8-6-15(7-9-16)14-25-21(30)23(2,3)31-18-12-10-17(24)11-13-18/h6-13H,4-5,14H2,1-3H3,(H,25,30). The van der Waals surface area contributed by atoms with Crippen molar-refractivity contribution in [1.82, 2.24) is 25.1 Å². The zero-order valence-electron chi connectivity index (χ0n) is 18.1. The summed E-state index contributed by atoms with van der Waals surface area (Å²) in [5.74, 6) is 1.27. The number of rotatable bonds is 8. The fourth-order valence-electron chi connectivity index (χ4n) is 3.16. The van der Waals surface area contributed by atoms with Crippen molar-refractivity contribution >= 4 is 33.8 Å². The number of nitrogens with one attached hydrogen (secondary N) is 1. The third-order valence-corrected chi connectivity index (χ3v) is 6.12. The van der Waals surface area contributed by atoms with Gasteiger partial charge in [0, 0.05) is 23.6 Å². The monoisotopic (exact) mass is 469 g/mol. The Morgan fingerprint density at radius 1 is 1.12 bits per heavy atom. The number of fused-ring (bicyclic) bond motifs is 1. The number of ether oxygens (including phenoxy) is 1. The number of aromatic nitrogens is 4. The zero-order chi connectivity index (χ0) is 22.7. The van der Waals surface area contributed by atoms with Crippen LogP contribution in [0.3, 0.4) is 0 Å². The molecule has 7 nitrogen and oxygen atoms in total. The Kier molecular flexibility index (Phi) is 6.43. The summed E-state index contributed by atoms with van der Waals surface area (Å²) in [5, 5.41) is 17.5. The molecule has 0 atom stereocenters. The predicted molar refractivity (Wildman–Crippen MR) is 126 cm³/mol. The molecule has 2 aromatic heterocycles. The first-order valence-electron chi connectivity index (χ1n) is 10.4. The SMILES string of the molecule is CCCc1nnc2sc(-c3ccc(CNC(=O)C(C)(C)Oc4ccc(Cl)cc4)cc3)nn12. The molecule has 0 unspecified atom stereocenters. The molecule has 0 spiro atoms. The van der Waals surface area contributed by atoms with Gasteiger partial charge in [-0.05, 0) is 50.1 Å². The normalized spacial score (nSPS) is 11.6. The largest absolute Gasteiger partial charge is 0.478 e. The summed E-state index contributed by atoms with van der Waals surface area (Å²) < 4.78 is 7.66. The number of carbonyl (C=O) groups excluding carboxylic acids is 1. The van der Waals surface area contributed by atoms with E-state index in [4.69, 9.17) is 16.3 Å². The van der Waals surface area contributed by atoms with Gasteiger partial charge in [-0.25, -0.2) is 0 Å². The van der Waals surface area contributed by atoms with Crippen LogP contribution in [0.25, 0.3) is 15.5 Å². The van der Waals surface area contributed by atoms with E-state index in [-0.39, 0.29) is 5.91 Å². The van der Waals surface area contributed by atoms with E-state index in [1.54, 1.807) is 38.1 Å². The van der Waals surface area contributed by atoms with Crippen molar-refractivity contribution in [3.8, 4) is 16.3 Å². The highest BCUT2D eigenvalue weighted by Crippen LogP contribution is 2.26. The van der Waals surface area contributed by atoms with Gasteiger partial charge in [0.1, 0.15) is 10.8 Å². The van der Waals surface area contributed by atoms with Crippen molar-refractivity contribution in [3.05, 3.63) is 64.9 Å². The molecular formula is C23H24ClN5O2S. The second-order valence-electron chi connectivity index (χ2n) is 7.91. The lowest BCUT2D eigenvalue weighted by atomic mass is 10.1. The number of carbonyl (C=O) groups is 1. The molecule has 1 N–H and O–H groups in total. The molecule has 2 aromatic carbocycles. The van der Waals surface area contributed by atoms with E-state index in [2.05, 4.69) is 27.5 Å². The van der Waals surface area contributed by atoms with E-state index in [0.717, 1.165) is 39.8 Å². The second-order valence-corrected chi connectivity index (χ2v) is 9.31. The fourth-order valence-corrected chi connectivity index (χ4v) is 4.15. The Bertz CT molecular complexity index is 1220.